The number of hydrogen-bond donors (Lipinski definition) is 1. The van der Waals surface area contributed by atoms with Gasteiger partial charge in [-0.05, 0) is 75.2 Å². The molecule has 0 radical (unpaired) electrons. The van der Waals surface area contributed by atoms with Crippen LogP contribution in [-0.4, -0.2) is 24.7 Å². The molecule has 4 aromatic carbocycles. The van der Waals surface area contributed by atoms with Crippen molar-refractivity contribution in [3.8, 4) is 11.5 Å². The van der Waals surface area contributed by atoms with E-state index in [-0.39, 0.29) is 12.4 Å². The minimum Gasteiger partial charge on any atom is -0.483 e. The number of fused-ring (bicyclic) bond motifs is 1. The van der Waals surface area contributed by atoms with Crippen molar-refractivity contribution in [2.24, 2.45) is 5.10 Å². The predicted octanol–water partition coefficient (Wildman–Crippen LogP) is 6.77. The number of benzene rings is 4. The van der Waals surface area contributed by atoms with Crippen molar-refractivity contribution in [1.82, 2.24) is 5.43 Å². The number of hydrogen-bond acceptors (Lipinski definition) is 5. The summed E-state index contributed by atoms with van der Waals surface area (Å²) in [4.78, 5) is 24.7. The minimum absolute atomic E-state index is 0.231. The molecule has 0 aliphatic carbocycles. The SMILES string of the molecule is O=C(COc1ccc2ccccc2c1Br)N/N=C/c1cc(Br)ccc1OC(=O)c1ccc(Cl)cc1. The average Bonchev–Trinajstić information content (AvgIpc) is 2.85. The van der Waals surface area contributed by atoms with E-state index in [1.807, 2.05) is 30.3 Å². The zero-order valence-electron chi connectivity index (χ0n) is 18.0. The van der Waals surface area contributed by atoms with Gasteiger partial charge in [-0.25, -0.2) is 10.2 Å². The third-order valence-corrected chi connectivity index (χ3v) is 6.40. The first-order valence-corrected chi connectivity index (χ1v) is 12.3. The van der Waals surface area contributed by atoms with Crippen molar-refractivity contribution >= 4 is 72.3 Å². The summed E-state index contributed by atoms with van der Waals surface area (Å²) in [5.74, 6) is -0.165. The van der Waals surface area contributed by atoms with E-state index in [1.54, 1.807) is 48.5 Å². The second-order valence-corrected chi connectivity index (χ2v) is 9.40. The van der Waals surface area contributed by atoms with Crippen molar-refractivity contribution in [2.75, 3.05) is 6.61 Å². The smallest absolute Gasteiger partial charge is 0.343 e. The van der Waals surface area contributed by atoms with Crippen molar-refractivity contribution in [2.45, 2.75) is 0 Å². The first-order chi connectivity index (χ1) is 16.9. The molecule has 9 heteroatoms. The lowest BCUT2D eigenvalue weighted by Crippen LogP contribution is -2.24. The lowest BCUT2D eigenvalue weighted by molar-refractivity contribution is -0.123. The highest BCUT2D eigenvalue weighted by molar-refractivity contribution is 9.11. The summed E-state index contributed by atoms with van der Waals surface area (Å²) in [6.07, 6.45) is 1.39. The third-order valence-electron chi connectivity index (χ3n) is 4.83. The summed E-state index contributed by atoms with van der Waals surface area (Å²) in [6, 6.07) is 23.0. The molecule has 0 aliphatic rings. The van der Waals surface area contributed by atoms with E-state index >= 15 is 0 Å². The van der Waals surface area contributed by atoms with Gasteiger partial charge in [-0.1, -0.05) is 57.9 Å². The monoisotopic (exact) mass is 614 g/mol. The molecule has 4 rings (SSSR count). The number of carbonyl (C=O) groups excluding carboxylic acids is 2. The Morgan fingerprint density at radius 3 is 2.49 bits per heavy atom. The van der Waals surface area contributed by atoms with Crippen LogP contribution < -0.4 is 14.9 Å². The minimum atomic E-state index is -0.544. The van der Waals surface area contributed by atoms with E-state index in [1.165, 1.54) is 6.21 Å². The molecular formula is C26H17Br2ClN2O4. The molecule has 0 unspecified atom stereocenters. The summed E-state index contributed by atoms with van der Waals surface area (Å²) in [7, 11) is 0. The van der Waals surface area contributed by atoms with Gasteiger partial charge in [0.05, 0.1) is 16.3 Å². The Bertz CT molecular complexity index is 1430. The summed E-state index contributed by atoms with van der Waals surface area (Å²) >= 11 is 12.8. The normalized spacial score (nSPS) is 10.9. The molecule has 0 saturated heterocycles. The van der Waals surface area contributed by atoms with Gasteiger partial charge < -0.3 is 9.47 Å². The van der Waals surface area contributed by atoms with E-state index in [2.05, 4.69) is 42.4 Å². The number of nitrogens with one attached hydrogen (secondary N) is 1. The van der Waals surface area contributed by atoms with Crippen molar-refractivity contribution in [3.05, 3.63) is 104 Å². The molecule has 1 N–H and O–H groups in total. The van der Waals surface area contributed by atoms with E-state index in [4.69, 9.17) is 21.1 Å². The lowest BCUT2D eigenvalue weighted by Gasteiger charge is -2.10. The third kappa shape index (κ3) is 6.48. The first-order valence-electron chi connectivity index (χ1n) is 10.3. The fourth-order valence-electron chi connectivity index (χ4n) is 3.13. The molecule has 35 heavy (non-hydrogen) atoms. The molecule has 1 amide bonds. The maximum atomic E-state index is 12.5. The molecular weight excluding hydrogens is 600 g/mol. The number of amides is 1. The number of hydrazone groups is 1. The van der Waals surface area contributed by atoms with E-state index < -0.39 is 11.9 Å². The maximum Gasteiger partial charge on any atom is 0.343 e. The molecule has 176 valence electrons. The van der Waals surface area contributed by atoms with Gasteiger partial charge in [-0.3, -0.25) is 4.79 Å². The number of halogens is 3. The summed E-state index contributed by atoms with van der Waals surface area (Å²) in [5.41, 5.74) is 3.25. The molecule has 0 heterocycles. The lowest BCUT2D eigenvalue weighted by atomic mass is 10.1. The molecule has 0 aliphatic heterocycles. The Labute approximate surface area is 223 Å². The Kier molecular flexibility index (Phi) is 8.17. The van der Waals surface area contributed by atoms with Gasteiger partial charge in [0.2, 0.25) is 0 Å². The van der Waals surface area contributed by atoms with Crippen LogP contribution in [0.5, 0.6) is 11.5 Å². The van der Waals surface area contributed by atoms with Crippen LogP contribution in [0.4, 0.5) is 0 Å². The van der Waals surface area contributed by atoms with Gasteiger partial charge in [0, 0.05) is 15.1 Å². The van der Waals surface area contributed by atoms with Crippen LogP contribution in [-0.2, 0) is 4.79 Å². The van der Waals surface area contributed by atoms with Crippen LogP contribution >= 0.6 is 43.5 Å². The standard InChI is InChI=1S/C26H17Br2ClN2O4/c27-19-8-12-22(35-26(33)17-5-9-20(29)10-6-17)18(13-19)14-30-31-24(32)15-34-23-11-7-16-3-1-2-4-21(16)25(23)28/h1-14H,15H2,(H,31,32)/b30-14+. The molecule has 0 fully saturated rings. The van der Waals surface area contributed by atoms with Gasteiger partial charge >= 0.3 is 5.97 Å². The molecule has 0 aromatic heterocycles. The highest BCUT2D eigenvalue weighted by atomic mass is 79.9. The van der Waals surface area contributed by atoms with Crippen molar-refractivity contribution < 1.29 is 19.1 Å². The maximum absolute atomic E-state index is 12.5. The van der Waals surface area contributed by atoms with Gasteiger partial charge in [-0.2, -0.15) is 5.10 Å². The summed E-state index contributed by atoms with van der Waals surface area (Å²) in [5, 5.41) is 6.54. The average molecular weight is 617 g/mol. The quantitative estimate of drug-likeness (QED) is 0.108. The van der Waals surface area contributed by atoms with Crippen LogP contribution in [0.15, 0.2) is 92.9 Å². The van der Waals surface area contributed by atoms with Gasteiger partial charge in [0.1, 0.15) is 11.5 Å². The van der Waals surface area contributed by atoms with E-state index in [9.17, 15) is 9.59 Å². The Morgan fingerprint density at radius 2 is 1.69 bits per heavy atom. The Balaban J connectivity index is 1.38. The fraction of sp³-hybridized carbons (Fsp3) is 0.0385. The summed E-state index contributed by atoms with van der Waals surface area (Å²) < 4.78 is 12.7. The molecule has 0 atom stereocenters. The van der Waals surface area contributed by atoms with E-state index in [0.717, 1.165) is 19.7 Å². The Morgan fingerprint density at radius 1 is 0.943 bits per heavy atom. The second-order valence-electron chi connectivity index (χ2n) is 7.26. The molecule has 4 aromatic rings. The zero-order valence-corrected chi connectivity index (χ0v) is 21.9. The van der Waals surface area contributed by atoms with Crippen molar-refractivity contribution in [1.29, 1.82) is 0 Å². The van der Waals surface area contributed by atoms with E-state index in [0.29, 0.717) is 21.9 Å². The molecule has 0 spiro atoms. The molecule has 0 saturated carbocycles. The number of esters is 1. The van der Waals surface area contributed by atoms with Gasteiger partial charge in [0.15, 0.2) is 6.61 Å². The van der Waals surface area contributed by atoms with Crippen LogP contribution in [0, 0.1) is 0 Å². The molecule has 6 nitrogen and oxygen atoms in total. The van der Waals surface area contributed by atoms with Crippen molar-refractivity contribution in [3.63, 3.8) is 0 Å². The number of ether oxygens (including phenoxy) is 2. The van der Waals surface area contributed by atoms with Gasteiger partial charge in [-0.15, -0.1) is 0 Å². The topological polar surface area (TPSA) is 77.0 Å². The summed E-state index contributed by atoms with van der Waals surface area (Å²) in [6.45, 7) is -0.231. The number of rotatable bonds is 7. The number of nitrogens with zero attached hydrogens (tertiary/aromatic N) is 1. The molecule has 0 bridgehead atoms. The fourth-order valence-corrected chi connectivity index (χ4v) is 4.24. The largest absolute Gasteiger partial charge is 0.483 e. The predicted molar refractivity (Wildman–Crippen MR) is 143 cm³/mol. The van der Waals surface area contributed by atoms with Crippen LogP contribution in [0.1, 0.15) is 15.9 Å². The zero-order chi connectivity index (χ0) is 24.8. The highest BCUT2D eigenvalue weighted by Crippen LogP contribution is 2.33. The van der Waals surface area contributed by atoms with Crippen LogP contribution in [0.3, 0.4) is 0 Å². The van der Waals surface area contributed by atoms with Gasteiger partial charge in [0.25, 0.3) is 5.91 Å². The Hall–Kier alpha value is -3.20. The first kappa shape index (κ1) is 24.9. The highest BCUT2D eigenvalue weighted by Gasteiger charge is 2.12. The second kappa shape index (κ2) is 11.5. The van der Waals surface area contributed by atoms with Crippen LogP contribution in [0.25, 0.3) is 10.8 Å². The number of carbonyl (C=O) groups is 2. The van der Waals surface area contributed by atoms with Crippen LogP contribution in [0.2, 0.25) is 5.02 Å².